The van der Waals surface area contributed by atoms with Crippen molar-refractivity contribution in [3.63, 3.8) is 0 Å². The zero-order valence-corrected chi connectivity index (χ0v) is 14.2. The van der Waals surface area contributed by atoms with E-state index in [2.05, 4.69) is 22.1 Å². The first-order valence-electron chi connectivity index (χ1n) is 7.95. The highest BCUT2D eigenvalue weighted by Crippen LogP contribution is 2.22. The Morgan fingerprint density at radius 1 is 1.33 bits per heavy atom. The number of aromatic nitrogens is 1. The van der Waals surface area contributed by atoms with E-state index in [1.165, 1.54) is 30.2 Å². The van der Waals surface area contributed by atoms with Crippen LogP contribution in [0, 0.1) is 17.6 Å². The van der Waals surface area contributed by atoms with Crippen molar-refractivity contribution in [1.29, 1.82) is 0 Å². The fourth-order valence-corrected chi connectivity index (χ4v) is 3.46. The predicted molar refractivity (Wildman–Crippen MR) is 90.1 cm³/mol. The molecule has 0 spiro atoms. The minimum atomic E-state index is -0.883. The monoisotopic (exact) mass is 351 g/mol. The quantitative estimate of drug-likeness (QED) is 0.908. The van der Waals surface area contributed by atoms with Crippen LogP contribution < -0.4 is 5.32 Å². The molecule has 0 aliphatic carbocycles. The minimum Gasteiger partial charge on any atom is -0.298 e. The molecule has 1 aliphatic heterocycles. The summed E-state index contributed by atoms with van der Waals surface area (Å²) in [6.45, 7) is 5.07. The molecule has 0 saturated carbocycles. The Kier molecular flexibility index (Phi) is 5.20. The molecular weight excluding hydrogens is 332 g/mol. The molecule has 1 fully saturated rings. The Bertz CT molecular complexity index is 706. The molecule has 24 heavy (non-hydrogen) atoms. The van der Waals surface area contributed by atoms with Gasteiger partial charge in [-0.25, -0.2) is 13.8 Å². The SMILES string of the molecule is CC1CCN(Cc2csc(NC(=O)c3c(F)cccc3F)n2)CC1. The first-order valence-corrected chi connectivity index (χ1v) is 8.83. The van der Waals surface area contributed by atoms with E-state index in [1.807, 2.05) is 5.38 Å². The van der Waals surface area contributed by atoms with E-state index < -0.39 is 23.1 Å². The number of benzene rings is 1. The summed E-state index contributed by atoms with van der Waals surface area (Å²) in [5, 5.41) is 4.69. The molecule has 1 saturated heterocycles. The first-order chi connectivity index (χ1) is 11.5. The molecule has 2 heterocycles. The normalized spacial score (nSPS) is 16.3. The lowest BCUT2D eigenvalue weighted by atomic mass is 9.99. The molecule has 0 radical (unpaired) electrons. The number of rotatable bonds is 4. The van der Waals surface area contributed by atoms with Crippen molar-refractivity contribution in [1.82, 2.24) is 9.88 Å². The lowest BCUT2D eigenvalue weighted by Crippen LogP contribution is -2.32. The fraction of sp³-hybridized carbons (Fsp3) is 0.412. The van der Waals surface area contributed by atoms with Crippen LogP contribution in [0.3, 0.4) is 0 Å². The second-order valence-corrected chi connectivity index (χ2v) is 7.01. The second kappa shape index (κ2) is 7.36. The maximum absolute atomic E-state index is 13.6. The van der Waals surface area contributed by atoms with Crippen LogP contribution in [0.2, 0.25) is 0 Å². The highest BCUT2D eigenvalue weighted by Gasteiger charge is 2.19. The number of hydrogen-bond donors (Lipinski definition) is 1. The number of carbonyl (C=O) groups is 1. The summed E-state index contributed by atoms with van der Waals surface area (Å²) in [6, 6.07) is 3.34. The molecule has 1 N–H and O–H groups in total. The molecule has 4 nitrogen and oxygen atoms in total. The van der Waals surface area contributed by atoms with Crippen LogP contribution in [-0.2, 0) is 6.54 Å². The van der Waals surface area contributed by atoms with Gasteiger partial charge in [-0.2, -0.15) is 0 Å². The number of halogens is 2. The van der Waals surface area contributed by atoms with Gasteiger partial charge in [0, 0.05) is 11.9 Å². The minimum absolute atomic E-state index is 0.350. The molecule has 0 atom stereocenters. The van der Waals surface area contributed by atoms with Crippen molar-refractivity contribution >= 4 is 22.4 Å². The van der Waals surface area contributed by atoms with E-state index in [0.29, 0.717) is 5.13 Å². The van der Waals surface area contributed by atoms with Crippen LogP contribution >= 0.6 is 11.3 Å². The van der Waals surface area contributed by atoms with Crippen LogP contribution in [0.15, 0.2) is 23.6 Å². The Morgan fingerprint density at radius 2 is 2.00 bits per heavy atom. The van der Waals surface area contributed by atoms with E-state index in [9.17, 15) is 13.6 Å². The van der Waals surface area contributed by atoms with E-state index >= 15 is 0 Å². The van der Waals surface area contributed by atoms with E-state index in [0.717, 1.165) is 43.4 Å². The van der Waals surface area contributed by atoms with Gasteiger partial charge in [0.2, 0.25) is 0 Å². The summed E-state index contributed by atoms with van der Waals surface area (Å²) in [7, 11) is 0. The molecule has 2 aromatic rings. The highest BCUT2D eigenvalue weighted by molar-refractivity contribution is 7.13. The van der Waals surface area contributed by atoms with Gasteiger partial charge in [0.05, 0.1) is 5.69 Å². The van der Waals surface area contributed by atoms with Crippen molar-refractivity contribution < 1.29 is 13.6 Å². The smallest absolute Gasteiger partial charge is 0.263 e. The number of carbonyl (C=O) groups excluding carboxylic acids is 1. The Morgan fingerprint density at radius 3 is 2.67 bits per heavy atom. The zero-order valence-electron chi connectivity index (χ0n) is 13.4. The van der Waals surface area contributed by atoms with Crippen LogP contribution in [0.1, 0.15) is 35.8 Å². The maximum atomic E-state index is 13.6. The van der Waals surface area contributed by atoms with Crippen molar-refractivity contribution in [3.05, 3.63) is 46.5 Å². The standard InChI is InChI=1S/C17H19F2N3OS/c1-11-5-7-22(8-6-11)9-12-10-24-17(20-12)21-16(23)15-13(18)3-2-4-14(15)19/h2-4,10-11H,5-9H2,1H3,(H,20,21,23). The maximum Gasteiger partial charge on any atom is 0.263 e. The molecule has 0 bridgehead atoms. The van der Waals surface area contributed by atoms with Gasteiger partial charge in [0.25, 0.3) is 5.91 Å². The van der Waals surface area contributed by atoms with Gasteiger partial charge >= 0.3 is 0 Å². The van der Waals surface area contributed by atoms with Crippen molar-refractivity contribution in [2.75, 3.05) is 18.4 Å². The molecule has 1 aromatic carbocycles. The van der Waals surface area contributed by atoms with Crippen molar-refractivity contribution in [2.24, 2.45) is 5.92 Å². The van der Waals surface area contributed by atoms with Gasteiger partial charge in [0.15, 0.2) is 5.13 Å². The average molecular weight is 351 g/mol. The predicted octanol–water partition coefficient (Wildman–Crippen LogP) is 3.91. The lowest BCUT2D eigenvalue weighted by Gasteiger charge is -2.29. The summed E-state index contributed by atoms with van der Waals surface area (Å²) >= 11 is 1.26. The third-order valence-corrected chi connectivity index (χ3v) is 5.03. The molecule has 1 amide bonds. The van der Waals surface area contributed by atoms with Gasteiger partial charge < -0.3 is 0 Å². The second-order valence-electron chi connectivity index (χ2n) is 6.15. The average Bonchev–Trinajstić information content (AvgIpc) is 2.96. The number of anilines is 1. The van der Waals surface area contributed by atoms with Gasteiger partial charge in [-0.15, -0.1) is 11.3 Å². The number of hydrogen-bond acceptors (Lipinski definition) is 4. The topological polar surface area (TPSA) is 45.2 Å². The van der Waals surface area contributed by atoms with Gasteiger partial charge in [-0.05, 0) is 44.0 Å². The summed E-state index contributed by atoms with van der Waals surface area (Å²) in [5.74, 6) is -1.82. The van der Waals surface area contributed by atoms with E-state index in [-0.39, 0.29) is 0 Å². The summed E-state index contributed by atoms with van der Waals surface area (Å²) in [5.41, 5.74) is 0.276. The number of nitrogens with one attached hydrogen (secondary N) is 1. The third-order valence-electron chi connectivity index (χ3n) is 4.22. The van der Waals surface area contributed by atoms with Crippen LogP contribution in [-0.4, -0.2) is 28.9 Å². The van der Waals surface area contributed by atoms with Crippen LogP contribution in [0.25, 0.3) is 0 Å². The Balaban J connectivity index is 1.62. The Hall–Kier alpha value is -1.86. The summed E-state index contributed by atoms with van der Waals surface area (Å²) in [4.78, 5) is 18.7. The van der Waals surface area contributed by atoms with Crippen molar-refractivity contribution in [3.8, 4) is 0 Å². The molecule has 1 aromatic heterocycles. The molecule has 3 rings (SSSR count). The number of amides is 1. The zero-order chi connectivity index (χ0) is 17.1. The summed E-state index contributed by atoms with van der Waals surface area (Å²) in [6.07, 6.45) is 2.36. The van der Waals surface area contributed by atoms with Crippen LogP contribution in [0.5, 0.6) is 0 Å². The van der Waals surface area contributed by atoms with Gasteiger partial charge in [0.1, 0.15) is 17.2 Å². The number of thiazole rings is 1. The largest absolute Gasteiger partial charge is 0.298 e. The van der Waals surface area contributed by atoms with Crippen LogP contribution in [0.4, 0.5) is 13.9 Å². The fourth-order valence-electron chi connectivity index (χ4n) is 2.76. The number of piperidine rings is 1. The van der Waals surface area contributed by atoms with Crippen molar-refractivity contribution in [2.45, 2.75) is 26.3 Å². The van der Waals surface area contributed by atoms with Gasteiger partial charge in [-0.1, -0.05) is 13.0 Å². The Labute approximate surface area is 143 Å². The van der Waals surface area contributed by atoms with Gasteiger partial charge in [-0.3, -0.25) is 15.0 Å². The molecular formula is C17H19F2N3OS. The molecule has 7 heteroatoms. The summed E-state index contributed by atoms with van der Waals surface area (Å²) < 4.78 is 27.2. The molecule has 0 unspecified atom stereocenters. The highest BCUT2D eigenvalue weighted by atomic mass is 32.1. The molecule has 128 valence electrons. The number of nitrogens with zero attached hydrogens (tertiary/aromatic N) is 2. The third kappa shape index (κ3) is 3.96. The first kappa shape index (κ1) is 17.0. The number of likely N-dealkylation sites (tertiary alicyclic amines) is 1. The van der Waals surface area contributed by atoms with E-state index in [4.69, 9.17) is 0 Å². The molecule has 1 aliphatic rings. The van der Waals surface area contributed by atoms with E-state index in [1.54, 1.807) is 0 Å². The lowest BCUT2D eigenvalue weighted by molar-refractivity contribution is 0.101.